The number of piperidine rings is 1. The lowest BCUT2D eigenvalue weighted by molar-refractivity contribution is 0.0955. The second-order valence-corrected chi connectivity index (χ2v) is 7.92. The summed E-state index contributed by atoms with van der Waals surface area (Å²) >= 11 is 0. The molecule has 1 aliphatic rings. The van der Waals surface area contributed by atoms with Gasteiger partial charge in [0.25, 0.3) is 5.91 Å². The van der Waals surface area contributed by atoms with Gasteiger partial charge in [0.15, 0.2) is 0 Å². The molecule has 2 heterocycles. The molecule has 0 bridgehead atoms. The quantitative estimate of drug-likeness (QED) is 0.642. The van der Waals surface area contributed by atoms with E-state index in [2.05, 4.69) is 15.5 Å². The lowest BCUT2D eigenvalue weighted by Gasteiger charge is -2.25. The maximum Gasteiger partial charge on any atom is 0.271 e. The minimum Gasteiger partial charge on any atom is -0.267 e. The zero-order valence-electron chi connectivity index (χ0n) is 14.2. The van der Waals surface area contributed by atoms with Crippen molar-refractivity contribution in [3.63, 3.8) is 0 Å². The highest BCUT2D eigenvalue weighted by atomic mass is 32.2. The molecule has 136 valence electrons. The largest absolute Gasteiger partial charge is 0.271 e. The molecular weight excluding hydrogens is 352 g/mol. The fraction of sp³-hybridized carbons (Fsp3) is 0.278. The van der Waals surface area contributed by atoms with Gasteiger partial charge in [-0.25, -0.2) is 13.8 Å². The predicted octanol–water partition coefficient (Wildman–Crippen LogP) is 2.02. The molecule has 0 saturated carbocycles. The lowest BCUT2D eigenvalue weighted by atomic mass is 10.2. The molecular formula is C18H20N4O3S. The second-order valence-electron chi connectivity index (χ2n) is 5.98. The summed E-state index contributed by atoms with van der Waals surface area (Å²) in [5, 5.41) is 3.88. The Balaban J connectivity index is 1.72. The first-order valence-electron chi connectivity index (χ1n) is 8.41. The molecule has 3 rings (SSSR count). The number of hydrogen-bond donors (Lipinski definition) is 1. The van der Waals surface area contributed by atoms with Crippen molar-refractivity contribution < 1.29 is 13.2 Å². The van der Waals surface area contributed by atoms with Crippen LogP contribution < -0.4 is 5.43 Å². The number of aromatic nitrogens is 1. The van der Waals surface area contributed by atoms with E-state index in [-0.39, 0.29) is 10.5 Å². The molecule has 0 radical (unpaired) electrons. The molecule has 1 amide bonds. The molecule has 1 saturated heterocycles. The number of rotatable bonds is 5. The van der Waals surface area contributed by atoms with Crippen molar-refractivity contribution in [3.05, 3.63) is 59.9 Å². The van der Waals surface area contributed by atoms with E-state index in [1.807, 2.05) is 0 Å². The Morgan fingerprint density at radius 1 is 1.15 bits per heavy atom. The summed E-state index contributed by atoms with van der Waals surface area (Å²) in [6.45, 7) is 1.04. The van der Waals surface area contributed by atoms with Crippen LogP contribution in [0.5, 0.6) is 0 Å². The first kappa shape index (κ1) is 18.2. The summed E-state index contributed by atoms with van der Waals surface area (Å²) in [7, 11) is -3.57. The van der Waals surface area contributed by atoms with E-state index < -0.39 is 15.9 Å². The van der Waals surface area contributed by atoms with Crippen molar-refractivity contribution in [1.82, 2.24) is 14.7 Å². The predicted molar refractivity (Wildman–Crippen MR) is 98.3 cm³/mol. The van der Waals surface area contributed by atoms with Crippen LogP contribution in [-0.2, 0) is 10.0 Å². The molecule has 1 aliphatic heterocycles. The van der Waals surface area contributed by atoms with Gasteiger partial charge in [0.2, 0.25) is 10.0 Å². The van der Waals surface area contributed by atoms with Gasteiger partial charge in [-0.05, 0) is 37.1 Å². The van der Waals surface area contributed by atoms with E-state index in [4.69, 9.17) is 0 Å². The van der Waals surface area contributed by atoms with Crippen LogP contribution in [0.2, 0.25) is 0 Å². The minimum absolute atomic E-state index is 0.128. The number of sulfonamides is 1. The Morgan fingerprint density at radius 2 is 1.96 bits per heavy atom. The SMILES string of the molecule is O=C(NN=Cc1cccnc1)c1cccc(S(=O)(=O)N2CCCCC2)c1. The van der Waals surface area contributed by atoms with E-state index in [0.29, 0.717) is 13.1 Å². The number of hydrazone groups is 1. The number of amides is 1. The van der Waals surface area contributed by atoms with E-state index in [0.717, 1.165) is 24.8 Å². The Bertz CT molecular complexity index is 892. The number of nitrogens with one attached hydrogen (secondary N) is 1. The summed E-state index contributed by atoms with van der Waals surface area (Å²) in [6.07, 6.45) is 7.50. The minimum atomic E-state index is -3.57. The van der Waals surface area contributed by atoms with Crippen molar-refractivity contribution >= 4 is 22.1 Å². The Morgan fingerprint density at radius 3 is 2.69 bits per heavy atom. The monoisotopic (exact) mass is 372 g/mol. The molecule has 1 aromatic carbocycles. The van der Waals surface area contributed by atoms with E-state index in [9.17, 15) is 13.2 Å². The number of benzene rings is 1. The molecule has 0 spiro atoms. The van der Waals surface area contributed by atoms with Crippen LogP contribution in [0, 0.1) is 0 Å². The fourth-order valence-corrected chi connectivity index (χ4v) is 4.30. The summed E-state index contributed by atoms with van der Waals surface area (Å²) in [5.41, 5.74) is 3.39. The van der Waals surface area contributed by atoms with Crippen molar-refractivity contribution in [2.75, 3.05) is 13.1 Å². The van der Waals surface area contributed by atoms with E-state index in [1.54, 1.807) is 36.7 Å². The summed E-state index contributed by atoms with van der Waals surface area (Å²) < 4.78 is 26.9. The normalized spacial score (nSPS) is 15.8. The highest BCUT2D eigenvalue weighted by Crippen LogP contribution is 2.21. The third kappa shape index (κ3) is 4.33. The number of pyridine rings is 1. The molecule has 8 heteroatoms. The Hall–Kier alpha value is -2.58. The maximum absolute atomic E-state index is 12.7. The lowest BCUT2D eigenvalue weighted by Crippen LogP contribution is -2.35. The van der Waals surface area contributed by atoms with Crippen LogP contribution in [0.25, 0.3) is 0 Å². The highest BCUT2D eigenvalue weighted by molar-refractivity contribution is 7.89. The third-order valence-corrected chi connectivity index (χ3v) is 6.01. The van der Waals surface area contributed by atoms with Gasteiger partial charge in [-0.15, -0.1) is 0 Å². The van der Waals surface area contributed by atoms with Gasteiger partial charge in [0.05, 0.1) is 11.1 Å². The Labute approximate surface area is 152 Å². The fourth-order valence-electron chi connectivity index (χ4n) is 2.73. The summed E-state index contributed by atoms with van der Waals surface area (Å²) in [6, 6.07) is 9.59. The number of carbonyl (C=O) groups excluding carboxylic acids is 1. The topological polar surface area (TPSA) is 91.7 Å². The smallest absolute Gasteiger partial charge is 0.267 e. The van der Waals surface area contributed by atoms with Crippen LogP contribution in [0.1, 0.15) is 35.2 Å². The van der Waals surface area contributed by atoms with Gasteiger partial charge in [-0.2, -0.15) is 9.41 Å². The van der Waals surface area contributed by atoms with Crippen molar-refractivity contribution in [3.8, 4) is 0 Å². The first-order chi connectivity index (χ1) is 12.6. The van der Waals surface area contributed by atoms with Gasteiger partial charge in [0, 0.05) is 36.6 Å². The molecule has 7 nitrogen and oxygen atoms in total. The van der Waals surface area contributed by atoms with Gasteiger partial charge >= 0.3 is 0 Å². The maximum atomic E-state index is 12.7. The second kappa shape index (κ2) is 8.20. The van der Waals surface area contributed by atoms with Crippen LogP contribution in [-0.4, -0.2) is 42.9 Å². The summed E-state index contributed by atoms with van der Waals surface area (Å²) in [5.74, 6) is -0.471. The van der Waals surface area contributed by atoms with Crippen LogP contribution in [0.3, 0.4) is 0 Å². The van der Waals surface area contributed by atoms with Crippen LogP contribution >= 0.6 is 0 Å². The van der Waals surface area contributed by atoms with Gasteiger partial charge in [-0.3, -0.25) is 9.78 Å². The zero-order valence-corrected chi connectivity index (χ0v) is 15.0. The highest BCUT2D eigenvalue weighted by Gasteiger charge is 2.26. The van der Waals surface area contributed by atoms with E-state index >= 15 is 0 Å². The molecule has 1 N–H and O–H groups in total. The number of nitrogens with zero attached hydrogens (tertiary/aromatic N) is 3. The molecule has 1 fully saturated rings. The zero-order chi connectivity index (χ0) is 18.4. The summed E-state index contributed by atoms with van der Waals surface area (Å²) in [4.78, 5) is 16.3. The number of carbonyl (C=O) groups is 1. The molecule has 0 unspecified atom stereocenters. The molecule has 2 aromatic rings. The molecule has 0 atom stereocenters. The molecule has 26 heavy (non-hydrogen) atoms. The van der Waals surface area contributed by atoms with Gasteiger partial charge in [0.1, 0.15) is 0 Å². The van der Waals surface area contributed by atoms with Crippen molar-refractivity contribution in [1.29, 1.82) is 0 Å². The van der Waals surface area contributed by atoms with Gasteiger partial charge < -0.3 is 0 Å². The third-order valence-electron chi connectivity index (χ3n) is 4.11. The van der Waals surface area contributed by atoms with E-state index in [1.165, 1.54) is 22.7 Å². The average molecular weight is 372 g/mol. The standard InChI is InChI=1S/C18H20N4O3S/c23-18(21-20-14-15-6-5-9-19-13-15)16-7-4-8-17(12-16)26(24,25)22-10-2-1-3-11-22/h4-9,12-14H,1-3,10-11H2,(H,21,23). The Kier molecular flexibility index (Phi) is 5.75. The van der Waals surface area contributed by atoms with Gasteiger partial charge in [-0.1, -0.05) is 18.6 Å². The first-order valence-corrected chi connectivity index (χ1v) is 9.85. The number of hydrogen-bond acceptors (Lipinski definition) is 5. The van der Waals surface area contributed by atoms with Crippen molar-refractivity contribution in [2.45, 2.75) is 24.2 Å². The average Bonchev–Trinajstić information content (AvgIpc) is 2.69. The van der Waals surface area contributed by atoms with Crippen LogP contribution in [0.15, 0.2) is 58.8 Å². The van der Waals surface area contributed by atoms with Crippen LogP contribution in [0.4, 0.5) is 0 Å². The molecule has 0 aliphatic carbocycles. The molecule has 1 aromatic heterocycles. The van der Waals surface area contributed by atoms with Crippen molar-refractivity contribution in [2.24, 2.45) is 5.10 Å².